The molecular weight excluding hydrogens is 194 g/mol. The van der Waals surface area contributed by atoms with Gasteiger partial charge in [-0.2, -0.15) is 0 Å². The number of hydrogen-bond donors (Lipinski definition) is 1. The van der Waals surface area contributed by atoms with Gasteiger partial charge in [0, 0.05) is 23.7 Å². The maximum atomic E-state index is 10.5. The van der Waals surface area contributed by atoms with Crippen LogP contribution in [0.2, 0.25) is 0 Å². The minimum atomic E-state index is -0.444. The van der Waals surface area contributed by atoms with E-state index in [1.807, 2.05) is 20.8 Å². The molecule has 15 heavy (non-hydrogen) atoms. The highest BCUT2D eigenvalue weighted by atomic mass is 16.6. The Balaban J connectivity index is 3.08. The van der Waals surface area contributed by atoms with Crippen LogP contribution in [-0.2, 0) is 0 Å². The van der Waals surface area contributed by atoms with Gasteiger partial charge in [-0.1, -0.05) is 6.92 Å². The molecule has 82 valence electrons. The van der Waals surface area contributed by atoms with E-state index in [-0.39, 0.29) is 17.6 Å². The number of hydrogen-bond acceptors (Lipinski definition) is 4. The van der Waals surface area contributed by atoms with E-state index in [1.165, 1.54) is 12.3 Å². The van der Waals surface area contributed by atoms with Gasteiger partial charge < -0.3 is 5.73 Å². The van der Waals surface area contributed by atoms with Crippen LogP contribution in [0.15, 0.2) is 12.3 Å². The van der Waals surface area contributed by atoms with Crippen molar-refractivity contribution in [2.75, 3.05) is 0 Å². The van der Waals surface area contributed by atoms with Crippen molar-refractivity contribution in [1.29, 1.82) is 0 Å². The van der Waals surface area contributed by atoms with Crippen molar-refractivity contribution in [3.8, 4) is 0 Å². The average molecular weight is 209 g/mol. The first-order valence-electron chi connectivity index (χ1n) is 4.80. The molecule has 1 heterocycles. The number of nitrogens with zero attached hydrogens (tertiary/aromatic N) is 2. The zero-order chi connectivity index (χ0) is 11.6. The maximum absolute atomic E-state index is 10.5. The normalized spacial score (nSPS) is 14.7. The summed E-state index contributed by atoms with van der Waals surface area (Å²) in [5, 5.41) is 10.5. The van der Waals surface area contributed by atoms with Crippen molar-refractivity contribution in [3.63, 3.8) is 0 Å². The Labute approximate surface area is 88.5 Å². The Hall–Kier alpha value is -1.49. The lowest BCUT2D eigenvalue weighted by atomic mass is 9.96. The van der Waals surface area contributed by atoms with Crippen LogP contribution >= 0.6 is 0 Å². The monoisotopic (exact) mass is 209 g/mol. The van der Waals surface area contributed by atoms with Gasteiger partial charge in [-0.15, -0.1) is 0 Å². The van der Waals surface area contributed by atoms with Gasteiger partial charge in [-0.3, -0.25) is 15.1 Å². The van der Waals surface area contributed by atoms with Crippen molar-refractivity contribution in [3.05, 3.63) is 33.6 Å². The quantitative estimate of drug-likeness (QED) is 0.607. The maximum Gasteiger partial charge on any atom is 0.287 e. The molecule has 2 unspecified atom stereocenters. The Morgan fingerprint density at radius 1 is 1.53 bits per heavy atom. The molecule has 0 bridgehead atoms. The summed E-state index contributed by atoms with van der Waals surface area (Å²) in [7, 11) is 0. The lowest BCUT2D eigenvalue weighted by Gasteiger charge is -2.16. The van der Waals surface area contributed by atoms with Gasteiger partial charge in [0.2, 0.25) is 0 Å². The second-order valence-corrected chi connectivity index (χ2v) is 3.80. The molecule has 0 aliphatic carbocycles. The summed E-state index contributed by atoms with van der Waals surface area (Å²) in [6, 6.07) is 1.51. The Morgan fingerprint density at radius 3 is 2.53 bits per heavy atom. The Bertz CT molecular complexity index is 377. The van der Waals surface area contributed by atoms with Gasteiger partial charge in [0.15, 0.2) is 0 Å². The Morgan fingerprint density at radius 2 is 2.13 bits per heavy atom. The molecule has 2 atom stereocenters. The third-order valence-corrected chi connectivity index (χ3v) is 2.54. The van der Waals surface area contributed by atoms with E-state index in [2.05, 4.69) is 4.98 Å². The van der Waals surface area contributed by atoms with E-state index in [4.69, 9.17) is 5.73 Å². The fourth-order valence-corrected chi connectivity index (χ4v) is 1.40. The molecule has 0 saturated heterocycles. The average Bonchev–Trinajstić information content (AvgIpc) is 2.16. The first kappa shape index (κ1) is 11.6. The van der Waals surface area contributed by atoms with Crippen LogP contribution in [0.3, 0.4) is 0 Å². The van der Waals surface area contributed by atoms with Gasteiger partial charge in [-0.05, 0) is 19.4 Å². The SMILES string of the molecule is Cc1cc([N+](=O)[O-])cnc1C(C)C(C)N. The van der Waals surface area contributed by atoms with Crippen molar-refractivity contribution in [2.24, 2.45) is 5.73 Å². The van der Waals surface area contributed by atoms with Crippen molar-refractivity contribution < 1.29 is 4.92 Å². The van der Waals surface area contributed by atoms with E-state index in [0.717, 1.165) is 11.3 Å². The Kier molecular flexibility index (Phi) is 3.36. The number of rotatable bonds is 3. The predicted octanol–water partition coefficient (Wildman–Crippen LogP) is 1.75. The number of pyridine rings is 1. The molecule has 2 N–H and O–H groups in total. The molecule has 0 spiro atoms. The van der Waals surface area contributed by atoms with Crippen molar-refractivity contribution in [2.45, 2.75) is 32.7 Å². The number of nitrogens with two attached hydrogens (primary N) is 1. The highest BCUT2D eigenvalue weighted by Gasteiger charge is 2.16. The van der Waals surface area contributed by atoms with E-state index in [1.54, 1.807) is 0 Å². The van der Waals surface area contributed by atoms with Gasteiger partial charge in [-0.25, -0.2) is 0 Å². The molecule has 0 saturated carbocycles. The van der Waals surface area contributed by atoms with E-state index in [0.29, 0.717) is 0 Å². The molecule has 5 heteroatoms. The lowest BCUT2D eigenvalue weighted by molar-refractivity contribution is -0.385. The second-order valence-electron chi connectivity index (χ2n) is 3.80. The molecule has 1 aromatic rings. The van der Waals surface area contributed by atoms with Gasteiger partial charge in [0.1, 0.15) is 6.20 Å². The van der Waals surface area contributed by atoms with Gasteiger partial charge in [0.25, 0.3) is 5.69 Å². The van der Waals surface area contributed by atoms with Crippen LogP contribution in [0, 0.1) is 17.0 Å². The van der Waals surface area contributed by atoms with E-state index < -0.39 is 4.92 Å². The largest absolute Gasteiger partial charge is 0.327 e. The number of nitro groups is 1. The fraction of sp³-hybridized carbons (Fsp3) is 0.500. The topological polar surface area (TPSA) is 82.0 Å². The minimum Gasteiger partial charge on any atom is -0.327 e. The molecular formula is C10H15N3O2. The van der Waals surface area contributed by atoms with Crippen molar-refractivity contribution >= 4 is 5.69 Å². The highest BCUT2D eigenvalue weighted by Crippen LogP contribution is 2.22. The lowest BCUT2D eigenvalue weighted by Crippen LogP contribution is -2.23. The fourth-order valence-electron chi connectivity index (χ4n) is 1.40. The molecule has 0 aliphatic heterocycles. The standard InChI is InChI=1S/C10H15N3O2/c1-6-4-9(13(14)15)5-12-10(6)7(2)8(3)11/h4-5,7-8H,11H2,1-3H3. The summed E-state index contributed by atoms with van der Waals surface area (Å²) in [6.07, 6.45) is 1.28. The first-order chi connectivity index (χ1) is 6.93. The third-order valence-electron chi connectivity index (χ3n) is 2.54. The molecule has 0 aliphatic rings. The van der Waals surface area contributed by atoms with Crippen LogP contribution in [0.25, 0.3) is 0 Å². The summed E-state index contributed by atoms with van der Waals surface area (Å²) in [5.74, 6) is 0.103. The predicted molar refractivity (Wildman–Crippen MR) is 57.7 cm³/mol. The minimum absolute atomic E-state index is 0.0161. The summed E-state index contributed by atoms with van der Waals surface area (Å²) in [5.41, 5.74) is 7.43. The van der Waals surface area contributed by atoms with Gasteiger partial charge in [0.05, 0.1) is 4.92 Å². The third kappa shape index (κ3) is 2.50. The second kappa shape index (κ2) is 4.35. The molecule has 0 fully saturated rings. The van der Waals surface area contributed by atoms with E-state index in [9.17, 15) is 10.1 Å². The summed E-state index contributed by atoms with van der Waals surface area (Å²) >= 11 is 0. The zero-order valence-electron chi connectivity index (χ0n) is 9.10. The zero-order valence-corrected chi connectivity index (χ0v) is 9.10. The van der Waals surface area contributed by atoms with Gasteiger partial charge >= 0.3 is 0 Å². The van der Waals surface area contributed by atoms with Crippen LogP contribution in [0.1, 0.15) is 31.0 Å². The molecule has 1 rings (SSSR count). The highest BCUT2D eigenvalue weighted by molar-refractivity contribution is 5.35. The van der Waals surface area contributed by atoms with Crippen LogP contribution < -0.4 is 5.73 Å². The molecule has 0 aromatic carbocycles. The molecule has 0 amide bonds. The molecule has 1 aromatic heterocycles. The van der Waals surface area contributed by atoms with Crippen molar-refractivity contribution in [1.82, 2.24) is 4.98 Å². The van der Waals surface area contributed by atoms with Crippen LogP contribution in [0.4, 0.5) is 5.69 Å². The molecule has 0 radical (unpaired) electrons. The number of aryl methyl sites for hydroxylation is 1. The summed E-state index contributed by atoms with van der Waals surface area (Å²) in [4.78, 5) is 14.2. The smallest absolute Gasteiger partial charge is 0.287 e. The van der Waals surface area contributed by atoms with Crippen LogP contribution in [0.5, 0.6) is 0 Å². The summed E-state index contributed by atoms with van der Waals surface area (Å²) in [6.45, 7) is 5.67. The first-order valence-corrected chi connectivity index (χ1v) is 4.80. The van der Waals surface area contributed by atoms with E-state index >= 15 is 0 Å². The van der Waals surface area contributed by atoms with Crippen LogP contribution in [-0.4, -0.2) is 15.9 Å². The molecule has 5 nitrogen and oxygen atoms in total. The number of aromatic nitrogens is 1. The summed E-state index contributed by atoms with van der Waals surface area (Å²) < 4.78 is 0.